The molecular weight excluding hydrogens is 257 g/mol. The van der Waals surface area contributed by atoms with Crippen LogP contribution in [0.25, 0.3) is 0 Å². The van der Waals surface area contributed by atoms with E-state index in [4.69, 9.17) is 9.47 Å². The zero-order chi connectivity index (χ0) is 14.6. The van der Waals surface area contributed by atoms with Crippen LogP contribution in [-0.2, 0) is 11.3 Å². The quantitative estimate of drug-likeness (QED) is 0.630. The van der Waals surface area contributed by atoms with Gasteiger partial charge in [-0.25, -0.2) is 4.39 Å². The van der Waals surface area contributed by atoms with Gasteiger partial charge in [-0.05, 0) is 24.1 Å². The highest BCUT2D eigenvalue weighted by atomic mass is 19.1. The third-order valence-electron chi connectivity index (χ3n) is 3.06. The van der Waals surface area contributed by atoms with Crippen LogP contribution in [-0.4, -0.2) is 26.9 Å². The van der Waals surface area contributed by atoms with Crippen molar-refractivity contribution in [1.82, 2.24) is 5.32 Å². The summed E-state index contributed by atoms with van der Waals surface area (Å²) >= 11 is 0. The second-order valence-corrected chi connectivity index (χ2v) is 4.84. The van der Waals surface area contributed by atoms with E-state index in [0.29, 0.717) is 25.5 Å². The molecule has 20 heavy (non-hydrogen) atoms. The number of benzene rings is 1. The Morgan fingerprint density at radius 2 is 2.00 bits per heavy atom. The standard InChI is InChI=1S/C16H26FNO2/c1-3-4-5-6-10-20-16-8-7-14(12-15(16)17)13-18-9-11-19-2/h7-8,12,18H,3-6,9-11,13H2,1-2H3. The molecule has 0 aliphatic heterocycles. The molecule has 0 unspecified atom stereocenters. The van der Waals surface area contributed by atoms with Crippen molar-refractivity contribution in [2.75, 3.05) is 26.9 Å². The van der Waals surface area contributed by atoms with Crippen LogP contribution in [0.1, 0.15) is 38.2 Å². The molecule has 0 radical (unpaired) electrons. The van der Waals surface area contributed by atoms with Crippen LogP contribution < -0.4 is 10.1 Å². The predicted molar refractivity (Wildman–Crippen MR) is 79.6 cm³/mol. The minimum absolute atomic E-state index is 0.286. The molecule has 0 heterocycles. The van der Waals surface area contributed by atoms with Gasteiger partial charge in [0.05, 0.1) is 13.2 Å². The molecular formula is C16H26FNO2. The smallest absolute Gasteiger partial charge is 0.165 e. The summed E-state index contributed by atoms with van der Waals surface area (Å²) in [7, 11) is 1.66. The van der Waals surface area contributed by atoms with Gasteiger partial charge in [-0.15, -0.1) is 0 Å². The molecule has 0 bridgehead atoms. The Hall–Kier alpha value is -1.13. The monoisotopic (exact) mass is 283 g/mol. The summed E-state index contributed by atoms with van der Waals surface area (Å²) in [5.74, 6) is 0.0636. The van der Waals surface area contributed by atoms with E-state index in [1.165, 1.54) is 18.9 Å². The molecule has 0 aliphatic rings. The van der Waals surface area contributed by atoms with Crippen molar-refractivity contribution in [2.24, 2.45) is 0 Å². The van der Waals surface area contributed by atoms with Gasteiger partial charge >= 0.3 is 0 Å². The minimum atomic E-state index is -0.286. The average molecular weight is 283 g/mol. The molecule has 0 saturated heterocycles. The lowest BCUT2D eigenvalue weighted by atomic mass is 10.2. The minimum Gasteiger partial charge on any atom is -0.491 e. The van der Waals surface area contributed by atoms with Crippen molar-refractivity contribution in [3.05, 3.63) is 29.6 Å². The molecule has 0 aliphatic carbocycles. The maximum atomic E-state index is 13.8. The van der Waals surface area contributed by atoms with Crippen LogP contribution in [0.15, 0.2) is 18.2 Å². The van der Waals surface area contributed by atoms with E-state index < -0.39 is 0 Å². The molecule has 0 amide bonds. The highest BCUT2D eigenvalue weighted by Gasteiger charge is 2.04. The number of methoxy groups -OCH3 is 1. The molecule has 0 aromatic heterocycles. The van der Waals surface area contributed by atoms with Crippen LogP contribution in [0.5, 0.6) is 5.75 Å². The number of nitrogens with one attached hydrogen (secondary N) is 1. The third-order valence-corrected chi connectivity index (χ3v) is 3.06. The summed E-state index contributed by atoms with van der Waals surface area (Å²) in [4.78, 5) is 0. The summed E-state index contributed by atoms with van der Waals surface area (Å²) in [5, 5.41) is 3.18. The Morgan fingerprint density at radius 3 is 2.70 bits per heavy atom. The largest absolute Gasteiger partial charge is 0.491 e. The zero-order valence-corrected chi connectivity index (χ0v) is 12.6. The number of rotatable bonds is 11. The first-order chi connectivity index (χ1) is 9.77. The molecule has 1 aromatic carbocycles. The fraction of sp³-hybridized carbons (Fsp3) is 0.625. The molecule has 3 nitrogen and oxygen atoms in total. The topological polar surface area (TPSA) is 30.5 Å². The van der Waals surface area contributed by atoms with E-state index in [2.05, 4.69) is 12.2 Å². The Balaban J connectivity index is 2.31. The van der Waals surface area contributed by atoms with Crippen molar-refractivity contribution >= 4 is 0 Å². The van der Waals surface area contributed by atoms with E-state index in [0.717, 1.165) is 24.9 Å². The molecule has 1 N–H and O–H groups in total. The van der Waals surface area contributed by atoms with Gasteiger partial charge in [-0.3, -0.25) is 0 Å². The fourth-order valence-electron chi connectivity index (χ4n) is 1.89. The molecule has 0 atom stereocenters. The van der Waals surface area contributed by atoms with Crippen LogP contribution in [0.2, 0.25) is 0 Å². The summed E-state index contributed by atoms with van der Waals surface area (Å²) in [6.45, 7) is 4.80. The summed E-state index contributed by atoms with van der Waals surface area (Å²) < 4.78 is 24.2. The normalized spacial score (nSPS) is 10.8. The van der Waals surface area contributed by atoms with E-state index in [-0.39, 0.29) is 5.82 Å². The van der Waals surface area contributed by atoms with Crippen molar-refractivity contribution in [3.8, 4) is 5.75 Å². The van der Waals surface area contributed by atoms with E-state index in [9.17, 15) is 4.39 Å². The molecule has 0 saturated carbocycles. The van der Waals surface area contributed by atoms with Crippen LogP contribution in [0, 0.1) is 5.82 Å². The first-order valence-electron chi connectivity index (χ1n) is 7.38. The third kappa shape index (κ3) is 6.87. The predicted octanol–water partition coefficient (Wildman–Crippen LogP) is 3.52. The first kappa shape index (κ1) is 16.9. The SMILES string of the molecule is CCCCCCOc1ccc(CNCCOC)cc1F. The summed E-state index contributed by atoms with van der Waals surface area (Å²) in [5.41, 5.74) is 0.914. The Bertz CT molecular complexity index is 371. The van der Waals surface area contributed by atoms with Crippen molar-refractivity contribution in [2.45, 2.75) is 39.2 Å². The second-order valence-electron chi connectivity index (χ2n) is 4.84. The molecule has 4 heteroatoms. The van der Waals surface area contributed by atoms with Gasteiger partial charge in [-0.2, -0.15) is 0 Å². The highest BCUT2D eigenvalue weighted by Crippen LogP contribution is 2.18. The summed E-state index contributed by atoms with van der Waals surface area (Å²) in [6.07, 6.45) is 4.52. The summed E-state index contributed by atoms with van der Waals surface area (Å²) in [6, 6.07) is 5.13. The fourth-order valence-corrected chi connectivity index (χ4v) is 1.89. The average Bonchev–Trinajstić information content (AvgIpc) is 2.45. The van der Waals surface area contributed by atoms with Gasteiger partial charge < -0.3 is 14.8 Å². The van der Waals surface area contributed by atoms with Crippen LogP contribution >= 0.6 is 0 Å². The van der Waals surface area contributed by atoms with Gasteiger partial charge in [-0.1, -0.05) is 32.3 Å². The molecule has 1 aromatic rings. The van der Waals surface area contributed by atoms with E-state index in [1.807, 2.05) is 6.07 Å². The lowest BCUT2D eigenvalue weighted by Crippen LogP contribution is -2.18. The van der Waals surface area contributed by atoms with Crippen molar-refractivity contribution in [1.29, 1.82) is 0 Å². The molecule has 1 rings (SSSR count). The lowest BCUT2D eigenvalue weighted by molar-refractivity contribution is 0.199. The number of halogens is 1. The van der Waals surface area contributed by atoms with Crippen LogP contribution in [0.4, 0.5) is 4.39 Å². The number of ether oxygens (including phenoxy) is 2. The number of hydrogen-bond acceptors (Lipinski definition) is 3. The van der Waals surface area contributed by atoms with Crippen molar-refractivity contribution in [3.63, 3.8) is 0 Å². The maximum absolute atomic E-state index is 13.8. The highest BCUT2D eigenvalue weighted by molar-refractivity contribution is 5.29. The van der Waals surface area contributed by atoms with Gasteiger partial charge in [0.2, 0.25) is 0 Å². The van der Waals surface area contributed by atoms with E-state index >= 15 is 0 Å². The molecule has 0 fully saturated rings. The van der Waals surface area contributed by atoms with Gasteiger partial charge in [0.15, 0.2) is 11.6 Å². The number of hydrogen-bond donors (Lipinski definition) is 1. The first-order valence-corrected chi connectivity index (χ1v) is 7.38. The Kier molecular flexibility index (Phi) is 9.00. The lowest BCUT2D eigenvalue weighted by Gasteiger charge is -2.09. The van der Waals surface area contributed by atoms with Crippen LogP contribution in [0.3, 0.4) is 0 Å². The van der Waals surface area contributed by atoms with Gasteiger partial charge in [0.1, 0.15) is 0 Å². The maximum Gasteiger partial charge on any atom is 0.165 e. The Labute approximate surface area is 121 Å². The van der Waals surface area contributed by atoms with Gasteiger partial charge in [0, 0.05) is 20.2 Å². The molecule has 0 spiro atoms. The van der Waals surface area contributed by atoms with Crippen molar-refractivity contribution < 1.29 is 13.9 Å². The van der Waals surface area contributed by atoms with E-state index in [1.54, 1.807) is 13.2 Å². The number of unbranched alkanes of at least 4 members (excludes halogenated alkanes) is 3. The molecule has 114 valence electrons. The van der Waals surface area contributed by atoms with Gasteiger partial charge in [0.25, 0.3) is 0 Å². The zero-order valence-electron chi connectivity index (χ0n) is 12.6. The second kappa shape index (κ2) is 10.6. The Morgan fingerprint density at radius 1 is 1.15 bits per heavy atom.